The smallest absolute Gasteiger partial charge is 0.348 e. The van der Waals surface area contributed by atoms with E-state index in [0.29, 0.717) is 17.9 Å². The van der Waals surface area contributed by atoms with Gasteiger partial charge in [0, 0.05) is 0 Å². The van der Waals surface area contributed by atoms with Crippen LogP contribution in [0.1, 0.15) is 93.9 Å². The van der Waals surface area contributed by atoms with Gasteiger partial charge in [-0.3, -0.25) is 4.79 Å². The maximum absolute atomic E-state index is 15.4. The molecule has 2 unspecified atom stereocenters. The van der Waals surface area contributed by atoms with Crippen molar-refractivity contribution in [1.82, 2.24) is 0 Å². The van der Waals surface area contributed by atoms with Gasteiger partial charge in [0.15, 0.2) is 0 Å². The van der Waals surface area contributed by atoms with Crippen molar-refractivity contribution in [3.8, 4) is 11.5 Å². The van der Waals surface area contributed by atoms with E-state index in [4.69, 9.17) is 9.47 Å². The summed E-state index contributed by atoms with van der Waals surface area (Å²) in [5, 5.41) is 0. The van der Waals surface area contributed by atoms with Gasteiger partial charge in [-0.05, 0) is 92.7 Å². The molecule has 3 rings (SSSR count). The molecule has 0 spiro atoms. The fourth-order valence-corrected chi connectivity index (χ4v) is 4.01. The normalized spacial score (nSPS) is 16.5. The molecule has 1 aliphatic rings. The van der Waals surface area contributed by atoms with E-state index in [2.05, 4.69) is 13.8 Å². The second-order valence-electron chi connectivity index (χ2n) is 10.3. The molecule has 4 nitrogen and oxygen atoms in total. The molecule has 0 heterocycles. The van der Waals surface area contributed by atoms with Crippen LogP contribution in [0.4, 0.5) is 4.39 Å². The van der Waals surface area contributed by atoms with Crippen molar-refractivity contribution in [2.75, 3.05) is 0 Å². The average Bonchev–Trinajstić information content (AvgIpc) is 2.72. The predicted molar refractivity (Wildman–Crippen MR) is 132 cm³/mol. The number of aryl methyl sites for hydroxylation is 2. The highest BCUT2D eigenvalue weighted by Crippen LogP contribution is 2.36. The number of hydrogen-bond donors (Lipinski definition) is 0. The maximum Gasteiger partial charge on any atom is 0.348 e. The van der Waals surface area contributed by atoms with Gasteiger partial charge < -0.3 is 9.47 Å². The van der Waals surface area contributed by atoms with Gasteiger partial charge in [0.2, 0.25) is 5.67 Å². The quantitative estimate of drug-likeness (QED) is 0.285. The minimum atomic E-state index is -2.14. The zero-order chi connectivity index (χ0) is 25.0. The van der Waals surface area contributed by atoms with Crippen LogP contribution in [0.25, 0.3) is 0 Å². The van der Waals surface area contributed by atoms with Crippen LogP contribution in [0.2, 0.25) is 0 Å². The highest BCUT2D eigenvalue weighted by molar-refractivity contribution is 5.81. The third-order valence-electron chi connectivity index (χ3n) is 6.90. The molecular weight excluding hydrogens is 431 g/mol. The minimum absolute atomic E-state index is 0.000192. The van der Waals surface area contributed by atoms with Gasteiger partial charge in [0.25, 0.3) is 0 Å². The number of ether oxygens (including phenoxy) is 2. The molecule has 2 aromatic carbocycles. The first kappa shape index (κ1) is 25.9. The van der Waals surface area contributed by atoms with Gasteiger partial charge in [-0.1, -0.05) is 51.5 Å². The largest absolute Gasteiger partial charge is 0.426 e. The summed E-state index contributed by atoms with van der Waals surface area (Å²) in [6.45, 7) is 11.1. The van der Waals surface area contributed by atoms with Gasteiger partial charge >= 0.3 is 11.9 Å². The molecule has 5 heteroatoms. The van der Waals surface area contributed by atoms with Crippen molar-refractivity contribution >= 4 is 11.9 Å². The molecule has 0 radical (unpaired) electrons. The minimum Gasteiger partial charge on any atom is -0.426 e. The standard InChI is InChI=1S/C29H37FO4/c1-18(2)23-12-11-21(5)25(17-23)34-28(32)29(6,30)15-14-20(4)24-13-10-19(3)16-26(24)33-27(31)22-8-7-9-22/h10-13,16-18,20,22H,7-9,14-15H2,1-6H3. The van der Waals surface area contributed by atoms with Crippen molar-refractivity contribution < 1.29 is 23.5 Å². The number of esters is 2. The first-order valence-electron chi connectivity index (χ1n) is 12.3. The molecule has 2 aromatic rings. The number of rotatable bonds is 9. The van der Waals surface area contributed by atoms with E-state index in [1.54, 1.807) is 0 Å². The van der Waals surface area contributed by atoms with Crippen LogP contribution < -0.4 is 9.47 Å². The molecule has 0 aliphatic heterocycles. The van der Waals surface area contributed by atoms with Crippen LogP contribution >= 0.6 is 0 Å². The van der Waals surface area contributed by atoms with Crippen LogP contribution in [0.15, 0.2) is 36.4 Å². The molecule has 34 heavy (non-hydrogen) atoms. The average molecular weight is 469 g/mol. The summed E-state index contributed by atoms with van der Waals surface area (Å²) in [6, 6.07) is 11.4. The van der Waals surface area contributed by atoms with Crippen molar-refractivity contribution in [3.63, 3.8) is 0 Å². The van der Waals surface area contributed by atoms with E-state index >= 15 is 4.39 Å². The zero-order valence-electron chi connectivity index (χ0n) is 21.2. The summed E-state index contributed by atoms with van der Waals surface area (Å²) < 4.78 is 26.6. The molecule has 1 saturated carbocycles. The topological polar surface area (TPSA) is 52.6 Å². The fourth-order valence-electron chi connectivity index (χ4n) is 4.01. The fraction of sp³-hybridized carbons (Fsp3) is 0.517. The van der Waals surface area contributed by atoms with Crippen molar-refractivity contribution in [2.45, 2.75) is 91.2 Å². The van der Waals surface area contributed by atoms with Gasteiger partial charge in [-0.15, -0.1) is 0 Å². The van der Waals surface area contributed by atoms with E-state index < -0.39 is 11.6 Å². The number of hydrogen-bond acceptors (Lipinski definition) is 4. The Balaban J connectivity index is 1.66. The van der Waals surface area contributed by atoms with Crippen molar-refractivity contribution in [2.24, 2.45) is 5.92 Å². The molecule has 0 bridgehead atoms. The Bertz CT molecular complexity index is 1040. The summed E-state index contributed by atoms with van der Waals surface area (Å²) in [7, 11) is 0. The van der Waals surface area contributed by atoms with E-state index in [0.717, 1.165) is 41.5 Å². The molecular formula is C29H37FO4. The second kappa shape index (κ2) is 10.7. The first-order valence-corrected chi connectivity index (χ1v) is 12.3. The Hall–Kier alpha value is -2.69. The van der Waals surface area contributed by atoms with E-state index in [9.17, 15) is 9.59 Å². The Morgan fingerprint density at radius 3 is 2.35 bits per heavy atom. The molecule has 1 fully saturated rings. The Kier molecular flexibility index (Phi) is 8.17. The highest BCUT2D eigenvalue weighted by Gasteiger charge is 2.36. The van der Waals surface area contributed by atoms with Crippen LogP contribution in [-0.4, -0.2) is 17.6 Å². The molecule has 0 N–H and O–H groups in total. The number of halogens is 1. The molecule has 184 valence electrons. The van der Waals surface area contributed by atoms with E-state index in [1.165, 1.54) is 6.92 Å². The van der Waals surface area contributed by atoms with Crippen LogP contribution in [-0.2, 0) is 9.59 Å². The van der Waals surface area contributed by atoms with Crippen LogP contribution in [0, 0.1) is 19.8 Å². The Morgan fingerprint density at radius 1 is 1.03 bits per heavy atom. The lowest BCUT2D eigenvalue weighted by Gasteiger charge is -2.25. The number of carbonyl (C=O) groups excluding carboxylic acids is 2. The Morgan fingerprint density at radius 2 is 1.74 bits per heavy atom. The SMILES string of the molecule is Cc1ccc(C(C)CCC(C)(F)C(=O)Oc2cc(C(C)C)ccc2C)c(OC(=O)C2CCC2)c1. The van der Waals surface area contributed by atoms with Gasteiger partial charge in [-0.25, -0.2) is 9.18 Å². The predicted octanol–water partition coefficient (Wildman–Crippen LogP) is 7.35. The first-order chi connectivity index (χ1) is 16.0. The van der Waals surface area contributed by atoms with Gasteiger partial charge in [-0.2, -0.15) is 0 Å². The molecule has 0 aromatic heterocycles. The van der Waals surface area contributed by atoms with Crippen molar-refractivity contribution in [1.29, 1.82) is 0 Å². The molecule has 0 amide bonds. The third-order valence-corrected chi connectivity index (χ3v) is 6.90. The summed E-state index contributed by atoms with van der Waals surface area (Å²) in [6.07, 6.45) is 3.21. The molecule has 2 atom stereocenters. The zero-order valence-corrected chi connectivity index (χ0v) is 21.2. The second-order valence-corrected chi connectivity index (χ2v) is 10.3. The number of carbonyl (C=O) groups is 2. The maximum atomic E-state index is 15.4. The van der Waals surface area contributed by atoms with E-state index in [-0.39, 0.29) is 30.1 Å². The summed E-state index contributed by atoms with van der Waals surface area (Å²) >= 11 is 0. The number of benzene rings is 2. The molecule has 0 saturated heterocycles. The lowest BCUT2D eigenvalue weighted by atomic mass is 9.85. The summed E-state index contributed by atoms with van der Waals surface area (Å²) in [4.78, 5) is 25.1. The lowest BCUT2D eigenvalue weighted by molar-refractivity contribution is -0.147. The summed E-state index contributed by atoms with van der Waals surface area (Å²) in [5.41, 5.74) is 1.53. The number of alkyl halides is 1. The lowest BCUT2D eigenvalue weighted by Crippen LogP contribution is -2.35. The highest BCUT2D eigenvalue weighted by atomic mass is 19.1. The van der Waals surface area contributed by atoms with Crippen molar-refractivity contribution in [3.05, 3.63) is 58.7 Å². The third kappa shape index (κ3) is 6.25. The van der Waals surface area contributed by atoms with Crippen LogP contribution in [0.3, 0.4) is 0 Å². The van der Waals surface area contributed by atoms with E-state index in [1.807, 2.05) is 57.2 Å². The summed E-state index contributed by atoms with van der Waals surface area (Å²) in [5.74, 6) is 0.0135. The van der Waals surface area contributed by atoms with Gasteiger partial charge in [0.05, 0.1) is 5.92 Å². The Labute approximate surface area is 202 Å². The van der Waals surface area contributed by atoms with Crippen LogP contribution in [0.5, 0.6) is 11.5 Å². The monoisotopic (exact) mass is 468 g/mol. The van der Waals surface area contributed by atoms with Gasteiger partial charge in [0.1, 0.15) is 11.5 Å². The molecule has 1 aliphatic carbocycles.